The molecule has 0 aliphatic heterocycles. The predicted molar refractivity (Wildman–Crippen MR) is 84.3 cm³/mol. The minimum atomic E-state index is -0.0432. The van der Waals surface area contributed by atoms with Crippen LogP contribution in [0.3, 0.4) is 0 Å². The SMILES string of the molecule is CN(C)CC(=O)Nc1nc2c(ccc3ccccc32)s1. The van der Waals surface area contributed by atoms with Gasteiger partial charge in [-0.1, -0.05) is 41.7 Å². The van der Waals surface area contributed by atoms with Crippen molar-refractivity contribution in [2.75, 3.05) is 26.0 Å². The van der Waals surface area contributed by atoms with Crippen molar-refractivity contribution in [1.29, 1.82) is 0 Å². The summed E-state index contributed by atoms with van der Waals surface area (Å²) in [5, 5.41) is 5.79. The fraction of sp³-hybridized carbons (Fsp3) is 0.200. The van der Waals surface area contributed by atoms with E-state index in [4.69, 9.17) is 0 Å². The highest BCUT2D eigenvalue weighted by atomic mass is 32.1. The van der Waals surface area contributed by atoms with Crippen LogP contribution in [0, 0.1) is 0 Å². The Bertz CT molecular complexity index is 779. The second-order valence-electron chi connectivity index (χ2n) is 4.94. The number of thiazole rings is 1. The summed E-state index contributed by atoms with van der Waals surface area (Å²) in [7, 11) is 3.73. The third-order valence-corrected chi connectivity index (χ3v) is 3.93. The van der Waals surface area contributed by atoms with E-state index in [9.17, 15) is 4.79 Å². The highest BCUT2D eigenvalue weighted by molar-refractivity contribution is 7.22. The molecule has 1 N–H and O–H groups in total. The van der Waals surface area contributed by atoms with Gasteiger partial charge in [0.1, 0.15) is 0 Å². The zero-order valence-electron chi connectivity index (χ0n) is 11.4. The first-order valence-corrected chi connectivity index (χ1v) is 7.18. The molecule has 1 amide bonds. The van der Waals surface area contributed by atoms with Gasteiger partial charge in [0.25, 0.3) is 0 Å². The molecule has 1 aromatic heterocycles. The largest absolute Gasteiger partial charge is 0.301 e. The van der Waals surface area contributed by atoms with Crippen molar-refractivity contribution >= 4 is 43.4 Å². The maximum Gasteiger partial charge on any atom is 0.240 e. The zero-order valence-corrected chi connectivity index (χ0v) is 12.2. The number of carbonyl (C=O) groups is 1. The number of rotatable bonds is 3. The molecule has 4 nitrogen and oxygen atoms in total. The minimum Gasteiger partial charge on any atom is -0.301 e. The number of likely N-dealkylation sites (N-methyl/N-ethyl adjacent to an activating group) is 1. The van der Waals surface area contributed by atoms with Crippen molar-refractivity contribution < 1.29 is 4.79 Å². The maximum atomic E-state index is 11.8. The first-order valence-electron chi connectivity index (χ1n) is 6.36. The monoisotopic (exact) mass is 285 g/mol. The minimum absolute atomic E-state index is 0.0432. The molecule has 0 saturated carbocycles. The molecule has 0 unspecified atom stereocenters. The Morgan fingerprint density at radius 1 is 1.25 bits per heavy atom. The van der Waals surface area contributed by atoms with E-state index in [0.29, 0.717) is 11.7 Å². The van der Waals surface area contributed by atoms with Gasteiger partial charge in [0.15, 0.2) is 5.13 Å². The van der Waals surface area contributed by atoms with Crippen LogP contribution < -0.4 is 5.32 Å². The summed E-state index contributed by atoms with van der Waals surface area (Å²) >= 11 is 1.51. The van der Waals surface area contributed by atoms with Crippen LogP contribution in [0.1, 0.15) is 0 Å². The number of nitrogens with zero attached hydrogens (tertiary/aromatic N) is 2. The lowest BCUT2D eigenvalue weighted by atomic mass is 10.1. The van der Waals surface area contributed by atoms with Gasteiger partial charge in [-0.05, 0) is 25.5 Å². The summed E-state index contributed by atoms with van der Waals surface area (Å²) in [5.41, 5.74) is 0.952. The Kier molecular flexibility index (Phi) is 3.38. The highest BCUT2D eigenvalue weighted by Gasteiger charge is 2.10. The van der Waals surface area contributed by atoms with E-state index in [1.807, 2.05) is 31.1 Å². The van der Waals surface area contributed by atoms with Gasteiger partial charge in [-0.25, -0.2) is 4.98 Å². The second kappa shape index (κ2) is 5.19. The van der Waals surface area contributed by atoms with Gasteiger partial charge in [0, 0.05) is 5.39 Å². The van der Waals surface area contributed by atoms with Gasteiger partial charge in [0.05, 0.1) is 16.8 Å². The fourth-order valence-electron chi connectivity index (χ4n) is 2.16. The number of aromatic nitrogens is 1. The van der Waals surface area contributed by atoms with E-state index in [2.05, 4.69) is 34.6 Å². The summed E-state index contributed by atoms with van der Waals surface area (Å²) in [6.07, 6.45) is 0. The summed E-state index contributed by atoms with van der Waals surface area (Å²) in [4.78, 5) is 18.2. The van der Waals surface area contributed by atoms with Crippen LogP contribution in [-0.2, 0) is 4.79 Å². The molecule has 3 rings (SSSR count). The van der Waals surface area contributed by atoms with Crippen LogP contribution in [-0.4, -0.2) is 36.4 Å². The molecule has 0 fully saturated rings. The van der Waals surface area contributed by atoms with Crippen molar-refractivity contribution in [1.82, 2.24) is 9.88 Å². The Hall–Kier alpha value is -1.98. The van der Waals surface area contributed by atoms with Crippen LogP contribution in [0.15, 0.2) is 36.4 Å². The molecule has 0 saturated heterocycles. The van der Waals surface area contributed by atoms with Crippen LogP contribution in [0.25, 0.3) is 21.0 Å². The van der Waals surface area contributed by atoms with Crippen molar-refractivity contribution in [3.05, 3.63) is 36.4 Å². The Balaban J connectivity index is 1.98. The molecule has 0 aliphatic carbocycles. The lowest BCUT2D eigenvalue weighted by Crippen LogP contribution is -2.26. The van der Waals surface area contributed by atoms with Gasteiger partial charge in [-0.3, -0.25) is 4.79 Å². The summed E-state index contributed by atoms with van der Waals surface area (Å²) in [6, 6.07) is 12.3. The lowest BCUT2D eigenvalue weighted by molar-refractivity contribution is -0.116. The Labute approximate surface area is 121 Å². The maximum absolute atomic E-state index is 11.8. The third-order valence-electron chi connectivity index (χ3n) is 2.99. The number of hydrogen-bond acceptors (Lipinski definition) is 4. The molecule has 102 valence electrons. The molecule has 0 atom stereocenters. The Morgan fingerprint density at radius 2 is 2.05 bits per heavy atom. The zero-order chi connectivity index (χ0) is 14.1. The van der Waals surface area contributed by atoms with E-state index in [0.717, 1.165) is 21.0 Å². The van der Waals surface area contributed by atoms with Crippen LogP contribution in [0.5, 0.6) is 0 Å². The quantitative estimate of drug-likeness (QED) is 0.804. The average Bonchev–Trinajstić information content (AvgIpc) is 2.80. The molecule has 0 spiro atoms. The first kappa shape index (κ1) is 13.0. The second-order valence-corrected chi connectivity index (χ2v) is 5.97. The molecule has 0 bridgehead atoms. The molecular weight excluding hydrogens is 270 g/mol. The average molecular weight is 285 g/mol. The van der Waals surface area contributed by atoms with Gasteiger partial charge in [-0.15, -0.1) is 0 Å². The molecule has 5 heteroatoms. The van der Waals surface area contributed by atoms with Gasteiger partial charge in [-0.2, -0.15) is 0 Å². The number of nitrogens with one attached hydrogen (secondary N) is 1. The Morgan fingerprint density at radius 3 is 2.85 bits per heavy atom. The number of carbonyl (C=O) groups excluding carboxylic acids is 1. The lowest BCUT2D eigenvalue weighted by Gasteiger charge is -2.07. The molecule has 3 aromatic rings. The summed E-state index contributed by atoms with van der Waals surface area (Å²) in [6.45, 7) is 0.358. The topological polar surface area (TPSA) is 45.2 Å². The number of hydrogen-bond donors (Lipinski definition) is 1. The number of amides is 1. The van der Waals surface area contributed by atoms with E-state index in [1.165, 1.54) is 11.3 Å². The molecule has 2 aromatic carbocycles. The van der Waals surface area contributed by atoms with E-state index >= 15 is 0 Å². The van der Waals surface area contributed by atoms with Gasteiger partial charge >= 0.3 is 0 Å². The van der Waals surface area contributed by atoms with E-state index in [-0.39, 0.29) is 5.91 Å². The molecule has 1 heterocycles. The van der Waals surface area contributed by atoms with Crippen molar-refractivity contribution in [3.8, 4) is 0 Å². The standard InChI is InChI=1S/C15H15N3OS/c1-18(2)9-13(19)16-15-17-14-11-6-4-3-5-10(11)7-8-12(14)20-15/h3-8H,9H2,1-2H3,(H,16,17,19). The van der Waals surface area contributed by atoms with E-state index in [1.54, 1.807) is 0 Å². The van der Waals surface area contributed by atoms with Crippen molar-refractivity contribution in [2.24, 2.45) is 0 Å². The van der Waals surface area contributed by atoms with Crippen LogP contribution in [0.4, 0.5) is 5.13 Å². The third kappa shape index (κ3) is 2.50. The van der Waals surface area contributed by atoms with Crippen LogP contribution in [0.2, 0.25) is 0 Å². The summed E-state index contributed by atoms with van der Waals surface area (Å²) < 4.78 is 1.09. The van der Waals surface area contributed by atoms with E-state index < -0.39 is 0 Å². The van der Waals surface area contributed by atoms with Gasteiger partial charge < -0.3 is 10.2 Å². The smallest absolute Gasteiger partial charge is 0.240 e. The fourth-order valence-corrected chi connectivity index (χ4v) is 3.06. The molecular formula is C15H15N3OS. The number of benzene rings is 2. The van der Waals surface area contributed by atoms with Crippen molar-refractivity contribution in [3.63, 3.8) is 0 Å². The molecule has 0 aliphatic rings. The normalized spacial score (nSPS) is 11.3. The number of fused-ring (bicyclic) bond motifs is 3. The van der Waals surface area contributed by atoms with Crippen LogP contribution >= 0.6 is 11.3 Å². The first-order chi connectivity index (χ1) is 9.63. The van der Waals surface area contributed by atoms with Gasteiger partial charge in [0.2, 0.25) is 5.91 Å². The number of anilines is 1. The molecule has 20 heavy (non-hydrogen) atoms. The molecule has 0 radical (unpaired) electrons. The van der Waals surface area contributed by atoms with Crippen molar-refractivity contribution in [2.45, 2.75) is 0 Å². The predicted octanol–water partition coefficient (Wildman–Crippen LogP) is 2.95. The highest BCUT2D eigenvalue weighted by Crippen LogP contribution is 2.31. The summed E-state index contributed by atoms with van der Waals surface area (Å²) in [5.74, 6) is -0.0432.